The van der Waals surface area contributed by atoms with Crippen molar-refractivity contribution in [2.24, 2.45) is 0 Å². The zero-order chi connectivity index (χ0) is 37.5. The summed E-state index contributed by atoms with van der Waals surface area (Å²) in [6.07, 6.45) is 0. The van der Waals surface area contributed by atoms with Crippen molar-refractivity contribution in [3.63, 3.8) is 0 Å². The van der Waals surface area contributed by atoms with Crippen molar-refractivity contribution in [1.29, 1.82) is 0 Å². The minimum absolute atomic E-state index is 0.826. The quantitative estimate of drug-likeness (QED) is 0.165. The topological polar surface area (TPSA) is 29.5 Å². The molecule has 10 aromatic carbocycles. The van der Waals surface area contributed by atoms with Gasteiger partial charge in [-0.05, 0) is 80.5 Å². The van der Waals surface area contributed by atoms with Crippen molar-refractivity contribution in [3.8, 4) is 22.3 Å². The lowest BCUT2D eigenvalue weighted by atomic mass is 9.93. The van der Waals surface area contributed by atoms with Crippen LogP contribution in [0.3, 0.4) is 0 Å². The van der Waals surface area contributed by atoms with Gasteiger partial charge in [-0.15, -0.1) is 0 Å². The summed E-state index contributed by atoms with van der Waals surface area (Å²) in [4.78, 5) is 2.43. The minimum atomic E-state index is 0.826. The van der Waals surface area contributed by atoms with E-state index >= 15 is 0 Å². The molecule has 0 atom stereocenters. The lowest BCUT2D eigenvalue weighted by Crippen LogP contribution is -2.11. The van der Waals surface area contributed by atoms with Gasteiger partial charge in [-0.2, -0.15) is 0 Å². The number of hydrogen-bond acceptors (Lipinski definition) is 3. The maximum absolute atomic E-state index is 7.10. The number of anilines is 3. The predicted octanol–water partition coefficient (Wildman–Crippen LogP) is 15.7. The summed E-state index contributed by atoms with van der Waals surface area (Å²) in [7, 11) is 0. The summed E-state index contributed by atoms with van der Waals surface area (Å²) in [5, 5.41) is 11.4. The molecule has 0 unspecified atom stereocenters. The van der Waals surface area contributed by atoms with Gasteiger partial charge in [0.25, 0.3) is 0 Å². The zero-order valence-corrected chi connectivity index (χ0v) is 30.8. The van der Waals surface area contributed by atoms with Crippen LogP contribution in [0.5, 0.6) is 0 Å². The van der Waals surface area contributed by atoms with E-state index in [1.54, 1.807) is 0 Å². The average Bonchev–Trinajstić information content (AvgIpc) is 3.85. The average molecular weight is 728 g/mol. The lowest BCUT2D eigenvalue weighted by molar-refractivity contribution is 0.665. The van der Waals surface area contributed by atoms with Gasteiger partial charge in [0.05, 0.1) is 16.8 Å². The molecular weight excluding hydrogens is 695 g/mol. The van der Waals surface area contributed by atoms with Crippen molar-refractivity contribution in [2.75, 3.05) is 4.90 Å². The maximum atomic E-state index is 7.10. The molecule has 0 saturated heterocycles. The Hall–Kier alpha value is -7.62. The molecule has 0 N–H and O–H groups in total. The van der Waals surface area contributed by atoms with Crippen LogP contribution in [0.25, 0.3) is 98.4 Å². The molecule has 0 bridgehead atoms. The van der Waals surface area contributed by atoms with E-state index in [0.29, 0.717) is 0 Å². The first-order valence-electron chi connectivity index (χ1n) is 19.4. The second kappa shape index (κ2) is 12.5. The van der Waals surface area contributed by atoms with Crippen LogP contribution in [-0.4, -0.2) is 0 Å². The van der Waals surface area contributed by atoms with Gasteiger partial charge in [0, 0.05) is 38.4 Å². The molecule has 0 fully saturated rings. The van der Waals surface area contributed by atoms with E-state index in [0.717, 1.165) is 82.8 Å². The standard InChI is InChI=1S/C54H33NO2/c1-2-14-34(15-3-1)35-28-30-38(31-29-35)55(48-33-37-17-4-6-18-39(37)41-20-8-9-21-42(41)48)47-25-13-27-50-52(47)46-32-36-16-5-7-19-40(36)51(54(46)57-50)45-24-12-23-44-43-22-10-11-26-49(43)56-53(44)45/h1-33H. The molecule has 0 spiro atoms. The molecule has 12 rings (SSSR count). The second-order valence-electron chi connectivity index (χ2n) is 14.8. The third-order valence-corrected chi connectivity index (χ3v) is 11.6. The molecular formula is C54H33NO2. The molecule has 266 valence electrons. The monoisotopic (exact) mass is 727 g/mol. The number of furan rings is 2. The molecule has 3 heteroatoms. The summed E-state index contributed by atoms with van der Waals surface area (Å²) >= 11 is 0. The van der Waals surface area contributed by atoms with Crippen molar-refractivity contribution >= 4 is 93.3 Å². The van der Waals surface area contributed by atoms with Gasteiger partial charge in [0.2, 0.25) is 0 Å². The van der Waals surface area contributed by atoms with Crippen LogP contribution < -0.4 is 4.90 Å². The van der Waals surface area contributed by atoms with Crippen LogP contribution >= 0.6 is 0 Å². The molecule has 2 aromatic heterocycles. The van der Waals surface area contributed by atoms with Crippen molar-refractivity contribution in [2.45, 2.75) is 0 Å². The summed E-state index contributed by atoms with van der Waals surface area (Å²) in [6, 6.07) is 71.4. The van der Waals surface area contributed by atoms with Crippen molar-refractivity contribution in [1.82, 2.24) is 0 Å². The smallest absolute Gasteiger partial charge is 0.144 e. The summed E-state index contributed by atoms with van der Waals surface area (Å²) < 4.78 is 13.8. The van der Waals surface area contributed by atoms with E-state index in [9.17, 15) is 0 Å². The van der Waals surface area contributed by atoms with E-state index in [4.69, 9.17) is 8.83 Å². The fraction of sp³-hybridized carbons (Fsp3) is 0. The highest BCUT2D eigenvalue weighted by Gasteiger charge is 2.25. The highest BCUT2D eigenvalue weighted by Crippen LogP contribution is 2.50. The Balaban J connectivity index is 1.18. The van der Waals surface area contributed by atoms with Gasteiger partial charge >= 0.3 is 0 Å². The van der Waals surface area contributed by atoms with Crippen LogP contribution in [0.1, 0.15) is 0 Å². The Morgan fingerprint density at radius 2 is 0.930 bits per heavy atom. The number of benzene rings is 10. The van der Waals surface area contributed by atoms with Crippen LogP contribution in [0.4, 0.5) is 17.1 Å². The van der Waals surface area contributed by atoms with Crippen LogP contribution in [0, 0.1) is 0 Å². The molecule has 0 saturated carbocycles. The van der Waals surface area contributed by atoms with Gasteiger partial charge < -0.3 is 13.7 Å². The van der Waals surface area contributed by atoms with E-state index in [-0.39, 0.29) is 0 Å². The molecule has 0 amide bonds. The van der Waals surface area contributed by atoms with Crippen LogP contribution in [0.2, 0.25) is 0 Å². The Labute approximate surface area is 328 Å². The first kappa shape index (κ1) is 31.7. The van der Waals surface area contributed by atoms with Gasteiger partial charge in [-0.3, -0.25) is 0 Å². The highest BCUT2D eigenvalue weighted by molar-refractivity contribution is 6.25. The molecule has 0 aliphatic rings. The maximum Gasteiger partial charge on any atom is 0.144 e. The first-order chi connectivity index (χ1) is 28.3. The van der Waals surface area contributed by atoms with E-state index < -0.39 is 0 Å². The van der Waals surface area contributed by atoms with Crippen molar-refractivity contribution in [3.05, 3.63) is 200 Å². The fourth-order valence-electron chi connectivity index (χ4n) is 9.06. The normalized spacial score (nSPS) is 11.9. The van der Waals surface area contributed by atoms with E-state index in [2.05, 4.69) is 193 Å². The Bertz CT molecular complexity index is 3520. The van der Waals surface area contributed by atoms with Gasteiger partial charge in [-0.1, -0.05) is 158 Å². The molecule has 3 nitrogen and oxygen atoms in total. The Morgan fingerprint density at radius 3 is 1.75 bits per heavy atom. The Kier molecular flexibility index (Phi) is 6.93. The third-order valence-electron chi connectivity index (χ3n) is 11.6. The molecule has 0 aliphatic heterocycles. The molecule has 57 heavy (non-hydrogen) atoms. The van der Waals surface area contributed by atoms with E-state index in [1.165, 1.54) is 32.7 Å². The third kappa shape index (κ3) is 4.86. The second-order valence-corrected chi connectivity index (χ2v) is 14.8. The summed E-state index contributed by atoms with van der Waals surface area (Å²) in [5.41, 5.74) is 11.0. The van der Waals surface area contributed by atoms with Gasteiger partial charge in [0.1, 0.15) is 22.3 Å². The number of rotatable bonds is 5. The minimum Gasteiger partial charge on any atom is -0.455 e. The van der Waals surface area contributed by atoms with Crippen LogP contribution in [0.15, 0.2) is 209 Å². The molecule has 0 radical (unpaired) electrons. The molecule has 12 aromatic rings. The predicted molar refractivity (Wildman–Crippen MR) is 239 cm³/mol. The highest BCUT2D eigenvalue weighted by atomic mass is 16.3. The summed E-state index contributed by atoms with van der Waals surface area (Å²) in [5.74, 6) is 0. The first-order valence-corrected chi connectivity index (χ1v) is 19.4. The van der Waals surface area contributed by atoms with Gasteiger partial charge in [0.15, 0.2) is 0 Å². The Morgan fingerprint density at radius 1 is 0.333 bits per heavy atom. The SMILES string of the molecule is c1ccc(-c2ccc(N(c3cc4ccccc4c4ccccc34)c3cccc4oc5c(-c6cccc7c6oc6ccccc67)c6ccccc6cc5c34)cc2)cc1. The lowest BCUT2D eigenvalue weighted by Gasteiger charge is -2.28. The number of hydrogen-bond donors (Lipinski definition) is 0. The fourth-order valence-corrected chi connectivity index (χ4v) is 9.06. The molecule has 2 heterocycles. The largest absolute Gasteiger partial charge is 0.455 e. The number of fused-ring (bicyclic) bond motifs is 10. The number of para-hydroxylation sites is 2. The van der Waals surface area contributed by atoms with E-state index in [1.807, 2.05) is 12.1 Å². The van der Waals surface area contributed by atoms with Gasteiger partial charge in [-0.25, -0.2) is 0 Å². The number of nitrogens with zero attached hydrogens (tertiary/aromatic N) is 1. The summed E-state index contributed by atoms with van der Waals surface area (Å²) in [6.45, 7) is 0. The van der Waals surface area contributed by atoms with Crippen molar-refractivity contribution < 1.29 is 8.83 Å². The zero-order valence-electron chi connectivity index (χ0n) is 30.8. The molecule has 0 aliphatic carbocycles. The van der Waals surface area contributed by atoms with Crippen LogP contribution in [-0.2, 0) is 0 Å².